The zero-order valence-electron chi connectivity index (χ0n) is 75.4. The number of unbranched alkanes of at least 4 members (excludes halogenated alkanes) is 2. The summed E-state index contributed by atoms with van der Waals surface area (Å²) in [5, 5.41) is 54.4. The number of carbonyl (C=O) groups is 7. The number of nitrogens with two attached hydrogens (primary N) is 1. The lowest BCUT2D eigenvalue weighted by Crippen LogP contribution is -2.61. The van der Waals surface area contributed by atoms with Crippen molar-refractivity contribution in [3.05, 3.63) is 90.1 Å². The predicted octanol–water partition coefficient (Wildman–Crippen LogP) is 8.99. The summed E-state index contributed by atoms with van der Waals surface area (Å²) >= 11 is 0. The molecule has 4 aromatic heterocycles. The number of aliphatic hydroxyl groups excluding tert-OH is 1. The first-order chi connectivity index (χ1) is 60.8. The number of esters is 1. The van der Waals surface area contributed by atoms with Gasteiger partial charge in [0.05, 0.1) is 127 Å². The number of carbonyl (C=O) groups excluding carboxylic acids is 7. The Morgan fingerprint density at radius 1 is 0.730 bits per heavy atom. The number of allylic oxidation sites excluding steroid dienone is 6. The molecule has 8 N–H and O–H groups in total. The highest BCUT2D eigenvalue weighted by molar-refractivity contribution is 6.39. The zero-order chi connectivity index (χ0) is 90.5. The van der Waals surface area contributed by atoms with Crippen molar-refractivity contribution in [1.82, 2.24) is 55.3 Å². The number of fused-ring (bicyclic) bond motifs is 5. The highest BCUT2D eigenvalue weighted by Crippen LogP contribution is 2.40. The Kier molecular flexibility index (Phi) is 42.3. The highest BCUT2D eigenvalue weighted by Gasteiger charge is 2.53. The number of aromatic nitrogens is 8. The molecule has 0 spiro atoms. The number of Topliss-reactive ketones (excluding diaryl/α,β-unsaturated/α-hetero) is 3. The number of aromatic hydroxyl groups is 1. The lowest BCUT2D eigenvalue weighted by molar-refractivity contribution is -0.265. The molecule has 15 atom stereocenters. The van der Waals surface area contributed by atoms with Crippen LogP contribution in [0, 0.1) is 35.5 Å². The van der Waals surface area contributed by atoms with Gasteiger partial charge in [0.1, 0.15) is 53.7 Å². The second-order valence-electron chi connectivity index (χ2n) is 33.9. The summed E-state index contributed by atoms with van der Waals surface area (Å²) in [6.45, 7) is 19.4. The zero-order valence-corrected chi connectivity index (χ0v) is 75.4. The molecule has 3 fully saturated rings. The Labute approximate surface area is 739 Å². The molecular formula is C92H138N12O22. The Hall–Kier alpha value is -8.62. The molecule has 0 radical (unpaired) electrons. The molecule has 7 heterocycles. The minimum Gasteiger partial charge on any atom is -0.508 e. The molecule has 1 saturated carbocycles. The van der Waals surface area contributed by atoms with E-state index in [2.05, 4.69) is 35.9 Å². The quantitative estimate of drug-likeness (QED) is 0.00828. The van der Waals surface area contributed by atoms with E-state index in [1.165, 1.54) is 18.3 Å². The first-order valence-corrected chi connectivity index (χ1v) is 45.1. The fourth-order valence-electron chi connectivity index (χ4n) is 16.7. The SMILES string of the molecule is CO[C@H]1C[C@@H]2CC[C@@H](C)[C@@](O)(O2)C(=O)C(=O)N2CCCC[C@H]2C(=O)O[C@H]([C@H](C)C[C@@H]2CC[C@@H](OCCCCc3cn(CCOCCOCCOCCC(=O)NCCOCCOCCOCCC(=O)NCCCCn4nc(-c5cc6cc(O)ccc6[nH]5)c5c(N)ncnc54)nn3)[C@H](OC)C2)CC(=O)[C@H](C)/C=C(\C)[C@@H](O)[C@@H](OC)C(=O)[C@H](C)C[C@H](C)/C=C/C=C/C=C/1C. The van der Waals surface area contributed by atoms with Crippen LogP contribution in [0.2, 0.25) is 0 Å². The molecule has 9 rings (SSSR count). The van der Waals surface area contributed by atoms with Crippen LogP contribution in [0.25, 0.3) is 33.3 Å². The van der Waals surface area contributed by atoms with Gasteiger partial charge in [-0.25, -0.2) is 24.1 Å². The first kappa shape index (κ1) is 101. The van der Waals surface area contributed by atoms with Crippen molar-refractivity contribution in [3.63, 3.8) is 0 Å². The van der Waals surface area contributed by atoms with Crippen LogP contribution in [-0.2, 0) is 110 Å². The highest BCUT2D eigenvalue weighted by atomic mass is 16.6. The molecule has 3 aliphatic heterocycles. The van der Waals surface area contributed by atoms with E-state index in [-0.39, 0.29) is 105 Å². The monoisotopic (exact) mass is 1760 g/mol. The number of ether oxygens (including phenoxy) is 12. The van der Waals surface area contributed by atoms with Gasteiger partial charge in [-0.15, -0.1) is 5.10 Å². The summed E-state index contributed by atoms with van der Waals surface area (Å²) in [4.78, 5) is 110. The molecule has 34 heteroatoms. The van der Waals surface area contributed by atoms with Crippen molar-refractivity contribution in [2.75, 3.05) is 133 Å². The van der Waals surface area contributed by atoms with Crippen molar-refractivity contribution in [2.24, 2.45) is 35.5 Å². The number of nitrogen functional groups attached to an aromatic ring is 1. The number of aliphatic hydroxyl groups is 2. The molecule has 1 aromatic carbocycles. The maximum atomic E-state index is 14.8. The third-order valence-electron chi connectivity index (χ3n) is 24.2. The number of phenolic OH excluding ortho intramolecular Hbond substituents is 1. The van der Waals surface area contributed by atoms with Crippen molar-refractivity contribution < 1.29 is 106 Å². The Morgan fingerprint density at radius 3 is 2.15 bits per heavy atom. The van der Waals surface area contributed by atoms with E-state index in [1.807, 2.05) is 70.3 Å². The number of phenols is 1. The van der Waals surface area contributed by atoms with Gasteiger partial charge in [0.25, 0.3) is 11.7 Å². The topological polar surface area (TPSA) is 434 Å². The summed E-state index contributed by atoms with van der Waals surface area (Å²) in [5.74, 6) is -7.99. The van der Waals surface area contributed by atoms with Gasteiger partial charge in [-0.2, -0.15) is 5.10 Å². The van der Waals surface area contributed by atoms with E-state index in [1.54, 1.807) is 68.6 Å². The molecule has 1 aliphatic carbocycles. The normalized spacial score (nSPS) is 26.6. The number of hydrogen-bond donors (Lipinski definition) is 7. The summed E-state index contributed by atoms with van der Waals surface area (Å²) in [5.41, 5.74) is 11.2. The maximum absolute atomic E-state index is 14.8. The van der Waals surface area contributed by atoms with Crippen molar-refractivity contribution in [2.45, 2.75) is 238 Å². The van der Waals surface area contributed by atoms with E-state index >= 15 is 0 Å². The number of cyclic esters (lactones) is 1. The predicted molar refractivity (Wildman–Crippen MR) is 470 cm³/mol. The largest absolute Gasteiger partial charge is 0.508 e. The number of anilines is 1. The summed E-state index contributed by atoms with van der Waals surface area (Å²) in [7, 11) is 4.64. The van der Waals surface area contributed by atoms with E-state index in [9.17, 15) is 48.9 Å². The number of aryl methyl sites for hydroxylation is 2. The molecule has 4 aliphatic rings. The van der Waals surface area contributed by atoms with Crippen LogP contribution in [-0.4, -0.2) is 282 Å². The van der Waals surface area contributed by atoms with Crippen LogP contribution in [0.5, 0.6) is 5.75 Å². The Bertz CT molecular complexity index is 4370. The number of aromatic amines is 1. The molecule has 2 saturated heterocycles. The molecule has 3 amide bonds. The van der Waals surface area contributed by atoms with Crippen molar-refractivity contribution >= 4 is 68.8 Å². The maximum Gasteiger partial charge on any atom is 0.329 e. The fraction of sp³-hybridized carbons (Fsp3) is 0.674. The number of ketones is 3. The molecule has 34 nitrogen and oxygen atoms in total. The van der Waals surface area contributed by atoms with Crippen LogP contribution in [0.15, 0.2) is 84.4 Å². The van der Waals surface area contributed by atoms with Gasteiger partial charge in [-0.3, -0.25) is 28.8 Å². The van der Waals surface area contributed by atoms with E-state index in [0.717, 1.165) is 72.8 Å². The Balaban J connectivity index is 0.601. The molecule has 2 bridgehead atoms. The van der Waals surface area contributed by atoms with Crippen LogP contribution >= 0.6 is 0 Å². The van der Waals surface area contributed by atoms with E-state index in [0.29, 0.717) is 178 Å². The number of H-pyrrole nitrogens is 1. The average Bonchev–Trinajstić information content (AvgIpc) is 1.46. The molecule has 126 heavy (non-hydrogen) atoms. The lowest BCUT2D eigenvalue weighted by atomic mass is 9.78. The smallest absolute Gasteiger partial charge is 0.329 e. The van der Waals surface area contributed by atoms with Gasteiger partial charge in [0.15, 0.2) is 11.4 Å². The number of amides is 3. The Morgan fingerprint density at radius 2 is 1.44 bits per heavy atom. The minimum atomic E-state index is -2.47. The van der Waals surface area contributed by atoms with Crippen molar-refractivity contribution in [1.29, 1.82) is 0 Å². The molecule has 698 valence electrons. The number of nitrogens with zero attached hydrogens (tertiary/aromatic N) is 8. The van der Waals surface area contributed by atoms with Gasteiger partial charge in [-0.05, 0) is 163 Å². The van der Waals surface area contributed by atoms with Gasteiger partial charge >= 0.3 is 5.97 Å². The lowest BCUT2D eigenvalue weighted by Gasteiger charge is -2.42. The summed E-state index contributed by atoms with van der Waals surface area (Å²) < 4.78 is 74.0. The average molecular weight is 1760 g/mol. The minimum absolute atomic E-state index is 0.00766. The van der Waals surface area contributed by atoms with E-state index < -0.39 is 77.8 Å². The number of hydrogen-bond acceptors (Lipinski definition) is 28. The number of rotatable bonds is 42. The number of piperidine rings is 1. The first-order valence-electron chi connectivity index (χ1n) is 45.1. The number of benzene rings is 1. The van der Waals surface area contributed by atoms with Crippen LogP contribution < -0.4 is 16.4 Å². The van der Waals surface area contributed by atoms with Gasteiger partial charge in [0, 0.05) is 115 Å². The third kappa shape index (κ3) is 31.1. The van der Waals surface area contributed by atoms with Crippen LogP contribution in [0.4, 0.5) is 5.82 Å². The standard InChI is InChI=1S/C92H138N12O22/c1-60-20-12-11-13-21-61(2)77(115-8)56-71-27-24-66(7)92(114,126-71)87(111)90(112)103-34-17-14-23-74(103)91(113)125-78(57-75(106)62(3)51-65(6)85(110)86(117-10)84(109)64(5)50-60)63(4)52-67-25-29-76(79(53-67)116-9)124-37-19-15-22-69-58-102(101-99-69)36-41-121-45-49-123-47-43-119-39-31-81(108)95-33-40-120-44-48-122-46-42-118-38-30-80(107)94-32-16-18-35-104-89-82(88(93)96-59-97-89)83(100-104)73-55-68-54-70(105)26-28-72(68)98-73/h11-13,20-21,26,28,51,54-55,58-60,62-64,66-67,71,74,76-79,85-86,98,105,110,114H,14-19,22-25,27,29-50,52-53,56-57H2,1-10H3,(H,94,107)(H,95,108)(H2,93,96,97)/b13-11+,20-12+,61-21+,65-51+/t60-,62-,63-,64-,66-,67+,71+,74+,76-,77+,78+,79-,85-,86+,92-/m1/s1. The molecule has 0 unspecified atom stereocenters. The number of nitrogens with one attached hydrogen (secondary N) is 3. The van der Waals surface area contributed by atoms with Crippen LogP contribution in [0.3, 0.4) is 0 Å². The molecule has 5 aromatic rings. The van der Waals surface area contributed by atoms with Gasteiger partial charge < -0.3 is 98.4 Å². The second-order valence-corrected chi connectivity index (χ2v) is 33.9. The summed E-state index contributed by atoms with van der Waals surface area (Å²) in [6.07, 6.45) is 19.3. The van der Waals surface area contributed by atoms with Crippen molar-refractivity contribution in [3.8, 4) is 17.1 Å². The summed E-state index contributed by atoms with van der Waals surface area (Å²) in [6, 6.07) is 5.82. The third-order valence-corrected chi connectivity index (χ3v) is 24.2. The second kappa shape index (κ2) is 52.7. The van der Waals surface area contributed by atoms with Gasteiger partial charge in [-0.1, -0.05) is 76.3 Å². The van der Waals surface area contributed by atoms with Crippen LogP contribution in [0.1, 0.15) is 170 Å². The fourth-order valence-corrected chi connectivity index (χ4v) is 16.7. The molecular weight excluding hydrogens is 1630 g/mol. The number of methoxy groups -OCH3 is 3. The van der Waals surface area contributed by atoms with E-state index in [4.69, 9.17) is 67.7 Å². The van der Waals surface area contributed by atoms with Gasteiger partial charge in [0.2, 0.25) is 17.6 Å².